The number of rotatable bonds is 4. The average Bonchev–Trinajstić information content (AvgIpc) is 2.65. The summed E-state index contributed by atoms with van der Waals surface area (Å²) in [7, 11) is -2.34. The van der Waals surface area contributed by atoms with E-state index < -0.39 is 20.7 Å². The predicted molar refractivity (Wildman–Crippen MR) is 111 cm³/mol. The maximum Gasteiger partial charge on any atom is 0.249 e. The number of anilines is 2. The van der Waals surface area contributed by atoms with Gasteiger partial charge in [0.1, 0.15) is 5.75 Å². The van der Waals surface area contributed by atoms with E-state index in [2.05, 4.69) is 5.32 Å². The minimum atomic E-state index is -3.90. The lowest BCUT2D eigenvalue weighted by Crippen LogP contribution is -2.57. The minimum absolute atomic E-state index is 0.277. The van der Waals surface area contributed by atoms with Gasteiger partial charge in [-0.2, -0.15) is 0 Å². The summed E-state index contributed by atoms with van der Waals surface area (Å²) in [6.45, 7) is 5.67. The van der Waals surface area contributed by atoms with E-state index in [0.717, 1.165) is 11.1 Å². The number of nitrogens with zero attached hydrogens (tertiary/aromatic N) is 1. The zero-order chi connectivity index (χ0) is 20.5. The molecular formula is C21H26N2O4S. The Balaban J connectivity index is 1.94. The molecule has 1 aliphatic heterocycles. The molecule has 1 fully saturated rings. The highest BCUT2D eigenvalue weighted by Gasteiger charge is 2.52. The van der Waals surface area contributed by atoms with Crippen LogP contribution in [0.5, 0.6) is 5.75 Å². The third-order valence-corrected chi connectivity index (χ3v) is 7.87. The number of sulfonamides is 1. The zero-order valence-corrected chi connectivity index (χ0v) is 17.5. The summed E-state index contributed by atoms with van der Waals surface area (Å²) < 4.78 is 32.0. The summed E-state index contributed by atoms with van der Waals surface area (Å²) in [6.07, 6.45) is 0.887. The van der Waals surface area contributed by atoms with Crippen molar-refractivity contribution >= 4 is 27.3 Å². The van der Waals surface area contributed by atoms with Gasteiger partial charge in [0.25, 0.3) is 0 Å². The van der Waals surface area contributed by atoms with E-state index in [1.807, 2.05) is 32.0 Å². The van der Waals surface area contributed by atoms with E-state index in [1.165, 1.54) is 11.2 Å². The van der Waals surface area contributed by atoms with Gasteiger partial charge < -0.3 is 10.1 Å². The largest absolute Gasteiger partial charge is 0.497 e. The predicted octanol–water partition coefficient (Wildman–Crippen LogP) is 3.64. The summed E-state index contributed by atoms with van der Waals surface area (Å²) in [6, 6.07) is 12.5. The first kappa shape index (κ1) is 20.2. The van der Waals surface area contributed by atoms with Crippen LogP contribution in [0.25, 0.3) is 0 Å². The molecule has 1 unspecified atom stereocenters. The molecule has 6 nitrogen and oxygen atoms in total. The first-order chi connectivity index (χ1) is 13.2. The molecule has 3 rings (SSSR count). The molecule has 0 aliphatic carbocycles. The van der Waals surface area contributed by atoms with Crippen LogP contribution in [0.1, 0.15) is 30.9 Å². The van der Waals surface area contributed by atoms with Crippen molar-refractivity contribution in [3.8, 4) is 5.75 Å². The smallest absolute Gasteiger partial charge is 0.249 e. The molecule has 1 atom stereocenters. The number of para-hydroxylation sites is 1. The minimum Gasteiger partial charge on any atom is -0.497 e. The summed E-state index contributed by atoms with van der Waals surface area (Å²) in [5, 5.41) is 2.76. The molecule has 0 saturated carbocycles. The zero-order valence-electron chi connectivity index (χ0n) is 16.7. The molecule has 0 aromatic heterocycles. The van der Waals surface area contributed by atoms with Crippen LogP contribution in [0.4, 0.5) is 11.4 Å². The molecule has 2 aromatic carbocycles. The van der Waals surface area contributed by atoms with E-state index in [4.69, 9.17) is 4.74 Å². The third-order valence-electron chi connectivity index (χ3n) is 5.39. The Morgan fingerprint density at radius 1 is 1.11 bits per heavy atom. The maximum atomic E-state index is 13.5. The second-order valence-corrected chi connectivity index (χ2v) is 9.63. The Bertz CT molecular complexity index is 966. The van der Waals surface area contributed by atoms with Crippen LogP contribution in [0, 0.1) is 13.8 Å². The van der Waals surface area contributed by atoms with Crippen LogP contribution in [-0.4, -0.2) is 32.7 Å². The van der Waals surface area contributed by atoms with Crippen molar-refractivity contribution in [3.05, 3.63) is 53.6 Å². The van der Waals surface area contributed by atoms with Crippen LogP contribution >= 0.6 is 0 Å². The Kier molecular flexibility index (Phi) is 5.39. The van der Waals surface area contributed by atoms with Gasteiger partial charge in [-0.3, -0.25) is 9.10 Å². The van der Waals surface area contributed by atoms with Gasteiger partial charge in [0.2, 0.25) is 15.9 Å². The number of carbonyl (C=O) groups excluding carboxylic acids is 1. The molecule has 0 radical (unpaired) electrons. The van der Waals surface area contributed by atoms with Crippen LogP contribution in [0.2, 0.25) is 0 Å². The molecule has 7 heteroatoms. The lowest BCUT2D eigenvalue weighted by molar-refractivity contribution is -0.118. The van der Waals surface area contributed by atoms with Crippen molar-refractivity contribution in [3.63, 3.8) is 0 Å². The fraction of sp³-hybridized carbons (Fsp3) is 0.381. The monoisotopic (exact) mass is 402 g/mol. The highest BCUT2D eigenvalue weighted by molar-refractivity contribution is 7.95. The first-order valence-corrected chi connectivity index (χ1v) is 10.7. The van der Waals surface area contributed by atoms with Gasteiger partial charge in [-0.05, 0) is 69.0 Å². The molecule has 1 amide bonds. The Hall–Kier alpha value is -2.54. The summed E-state index contributed by atoms with van der Waals surface area (Å²) in [5.74, 6) is 0.143. The third kappa shape index (κ3) is 3.35. The van der Waals surface area contributed by atoms with Gasteiger partial charge in [0.05, 0.1) is 12.8 Å². The van der Waals surface area contributed by atoms with Crippen molar-refractivity contribution in [2.24, 2.45) is 0 Å². The number of methoxy groups -OCH3 is 1. The van der Waals surface area contributed by atoms with Crippen molar-refractivity contribution in [2.45, 2.75) is 38.4 Å². The summed E-state index contributed by atoms with van der Waals surface area (Å²) in [5.41, 5.74) is 2.96. The van der Waals surface area contributed by atoms with Gasteiger partial charge in [-0.1, -0.05) is 18.2 Å². The Morgan fingerprint density at radius 3 is 2.29 bits per heavy atom. The van der Waals surface area contributed by atoms with Crippen molar-refractivity contribution in [2.75, 3.05) is 23.3 Å². The number of hydrogen-bond donors (Lipinski definition) is 1. The second kappa shape index (κ2) is 7.47. The van der Waals surface area contributed by atoms with Gasteiger partial charge in [0.15, 0.2) is 4.75 Å². The highest BCUT2D eigenvalue weighted by atomic mass is 32.2. The summed E-state index contributed by atoms with van der Waals surface area (Å²) >= 11 is 0. The number of carbonyl (C=O) groups is 1. The number of aryl methyl sites for hydroxylation is 2. The van der Waals surface area contributed by atoms with Crippen LogP contribution in [0.3, 0.4) is 0 Å². The van der Waals surface area contributed by atoms with Gasteiger partial charge >= 0.3 is 0 Å². The fourth-order valence-corrected chi connectivity index (χ4v) is 5.72. The highest BCUT2D eigenvalue weighted by Crippen LogP contribution is 2.38. The Morgan fingerprint density at radius 2 is 1.71 bits per heavy atom. The SMILES string of the molecule is COc1ccc(NC(=O)C2(C)CCCN(c3c(C)cccc3C)S2(=O)=O)cc1. The average molecular weight is 403 g/mol. The molecule has 28 heavy (non-hydrogen) atoms. The van der Waals surface area contributed by atoms with Crippen LogP contribution in [-0.2, 0) is 14.8 Å². The number of benzene rings is 2. The maximum absolute atomic E-state index is 13.5. The molecule has 1 aliphatic rings. The topological polar surface area (TPSA) is 75.7 Å². The standard InChI is InChI=1S/C21H26N2O4S/c1-15-7-5-8-16(2)19(15)23-14-6-13-21(3,28(23,25)26)20(24)22-17-9-11-18(27-4)12-10-17/h5,7-12H,6,13-14H2,1-4H3,(H,22,24). The van der Waals surface area contributed by atoms with Gasteiger partial charge in [0, 0.05) is 12.2 Å². The molecule has 2 aromatic rings. The molecule has 0 bridgehead atoms. The number of amides is 1. The Labute approximate surface area is 166 Å². The first-order valence-electron chi connectivity index (χ1n) is 9.25. The fourth-order valence-electron chi connectivity index (χ4n) is 3.65. The lowest BCUT2D eigenvalue weighted by atomic mass is 10.0. The van der Waals surface area contributed by atoms with E-state index in [9.17, 15) is 13.2 Å². The number of nitrogens with one attached hydrogen (secondary N) is 1. The van der Waals surface area contributed by atoms with Crippen LogP contribution < -0.4 is 14.4 Å². The van der Waals surface area contributed by atoms with Crippen molar-refractivity contribution < 1.29 is 17.9 Å². The van der Waals surface area contributed by atoms with E-state index in [1.54, 1.807) is 31.4 Å². The summed E-state index contributed by atoms with van der Waals surface area (Å²) in [4.78, 5) is 13.1. The quantitative estimate of drug-likeness (QED) is 0.847. The van der Waals surface area contributed by atoms with E-state index in [0.29, 0.717) is 30.1 Å². The van der Waals surface area contributed by atoms with E-state index >= 15 is 0 Å². The number of ether oxygens (including phenoxy) is 1. The molecule has 150 valence electrons. The molecular weight excluding hydrogens is 376 g/mol. The molecule has 1 heterocycles. The van der Waals surface area contributed by atoms with Gasteiger partial charge in [-0.25, -0.2) is 8.42 Å². The van der Waals surface area contributed by atoms with Crippen molar-refractivity contribution in [1.82, 2.24) is 0 Å². The van der Waals surface area contributed by atoms with Crippen LogP contribution in [0.15, 0.2) is 42.5 Å². The number of hydrogen-bond acceptors (Lipinski definition) is 4. The van der Waals surface area contributed by atoms with E-state index in [-0.39, 0.29) is 6.42 Å². The second-order valence-electron chi connectivity index (χ2n) is 7.33. The lowest BCUT2D eigenvalue weighted by Gasteiger charge is -2.40. The molecule has 0 spiro atoms. The molecule has 1 N–H and O–H groups in total. The molecule has 1 saturated heterocycles. The van der Waals surface area contributed by atoms with Crippen molar-refractivity contribution in [1.29, 1.82) is 0 Å². The normalized spacial score (nSPS) is 21.2. The van der Waals surface area contributed by atoms with Gasteiger partial charge in [-0.15, -0.1) is 0 Å².